The SMILES string of the molecule is CC1COCCN1S(=O)(=O)c1ccc(F)c(CN)c1F. The van der Waals surface area contributed by atoms with Gasteiger partial charge in [0.1, 0.15) is 10.7 Å². The van der Waals surface area contributed by atoms with Crippen molar-refractivity contribution >= 4 is 10.0 Å². The van der Waals surface area contributed by atoms with Crippen molar-refractivity contribution in [3.05, 3.63) is 29.3 Å². The van der Waals surface area contributed by atoms with Crippen LogP contribution in [0.25, 0.3) is 0 Å². The first-order chi connectivity index (χ1) is 9.39. The average Bonchev–Trinajstić information content (AvgIpc) is 2.39. The average molecular weight is 306 g/mol. The molecule has 1 fully saturated rings. The third-order valence-corrected chi connectivity index (χ3v) is 5.28. The molecule has 2 N–H and O–H groups in total. The van der Waals surface area contributed by atoms with Crippen LogP contribution in [0.15, 0.2) is 17.0 Å². The van der Waals surface area contributed by atoms with Gasteiger partial charge in [0.2, 0.25) is 10.0 Å². The van der Waals surface area contributed by atoms with Crippen molar-refractivity contribution in [1.29, 1.82) is 0 Å². The fourth-order valence-corrected chi connectivity index (χ4v) is 3.85. The van der Waals surface area contributed by atoms with Crippen LogP contribution in [0.1, 0.15) is 12.5 Å². The van der Waals surface area contributed by atoms with Gasteiger partial charge in [-0.2, -0.15) is 4.31 Å². The van der Waals surface area contributed by atoms with E-state index in [1.807, 2.05) is 0 Å². The molecule has 1 aliphatic heterocycles. The van der Waals surface area contributed by atoms with Crippen LogP contribution < -0.4 is 5.73 Å². The Morgan fingerprint density at radius 3 is 2.75 bits per heavy atom. The minimum atomic E-state index is -4.04. The number of hydrogen-bond donors (Lipinski definition) is 1. The van der Waals surface area contributed by atoms with E-state index in [0.717, 1.165) is 16.4 Å². The summed E-state index contributed by atoms with van der Waals surface area (Å²) in [6.07, 6.45) is 0. The van der Waals surface area contributed by atoms with Gasteiger partial charge in [0.05, 0.1) is 13.2 Å². The highest BCUT2D eigenvalue weighted by atomic mass is 32.2. The van der Waals surface area contributed by atoms with Crippen LogP contribution in [-0.2, 0) is 21.3 Å². The predicted molar refractivity (Wildman–Crippen MR) is 68.4 cm³/mol. The van der Waals surface area contributed by atoms with Crippen molar-refractivity contribution in [2.45, 2.75) is 24.4 Å². The monoisotopic (exact) mass is 306 g/mol. The fraction of sp³-hybridized carbons (Fsp3) is 0.500. The minimum absolute atomic E-state index is 0.137. The number of hydrogen-bond acceptors (Lipinski definition) is 4. The second-order valence-electron chi connectivity index (χ2n) is 4.58. The number of halogens is 2. The van der Waals surface area contributed by atoms with Crippen LogP contribution in [0.4, 0.5) is 8.78 Å². The molecule has 1 aliphatic rings. The minimum Gasteiger partial charge on any atom is -0.378 e. The summed E-state index contributed by atoms with van der Waals surface area (Å²) in [7, 11) is -4.04. The summed E-state index contributed by atoms with van der Waals surface area (Å²) in [6, 6.07) is 1.45. The lowest BCUT2D eigenvalue weighted by Crippen LogP contribution is -2.47. The number of morpholine rings is 1. The van der Waals surface area contributed by atoms with Gasteiger partial charge in [-0.25, -0.2) is 17.2 Å². The van der Waals surface area contributed by atoms with Gasteiger partial charge in [0, 0.05) is 24.7 Å². The zero-order valence-electron chi connectivity index (χ0n) is 11.0. The molecule has 0 spiro atoms. The summed E-state index contributed by atoms with van der Waals surface area (Å²) < 4.78 is 58.8. The molecule has 2 rings (SSSR count). The maximum Gasteiger partial charge on any atom is 0.246 e. The van der Waals surface area contributed by atoms with Crippen molar-refractivity contribution < 1.29 is 21.9 Å². The molecule has 1 heterocycles. The van der Waals surface area contributed by atoms with Crippen LogP contribution >= 0.6 is 0 Å². The molecule has 1 saturated heterocycles. The third-order valence-electron chi connectivity index (χ3n) is 3.25. The smallest absolute Gasteiger partial charge is 0.246 e. The van der Waals surface area contributed by atoms with E-state index in [9.17, 15) is 17.2 Å². The van der Waals surface area contributed by atoms with Gasteiger partial charge in [0.25, 0.3) is 0 Å². The summed E-state index contributed by atoms with van der Waals surface area (Å²) in [6.45, 7) is 1.89. The fourth-order valence-electron chi connectivity index (χ4n) is 2.16. The highest BCUT2D eigenvalue weighted by molar-refractivity contribution is 7.89. The van der Waals surface area contributed by atoms with Crippen molar-refractivity contribution in [3.8, 4) is 0 Å². The Hall–Kier alpha value is -1.09. The van der Waals surface area contributed by atoms with Gasteiger partial charge in [-0.05, 0) is 19.1 Å². The Kier molecular flexibility index (Phi) is 4.38. The van der Waals surface area contributed by atoms with E-state index in [1.165, 1.54) is 0 Å². The van der Waals surface area contributed by atoms with Gasteiger partial charge in [-0.15, -0.1) is 0 Å². The first-order valence-electron chi connectivity index (χ1n) is 6.16. The summed E-state index contributed by atoms with van der Waals surface area (Å²) >= 11 is 0. The molecule has 5 nitrogen and oxygen atoms in total. The number of sulfonamides is 1. The number of benzene rings is 1. The lowest BCUT2D eigenvalue weighted by Gasteiger charge is -2.32. The predicted octanol–water partition coefficient (Wildman–Crippen LogP) is 0.833. The van der Waals surface area contributed by atoms with E-state index < -0.39 is 44.7 Å². The van der Waals surface area contributed by atoms with E-state index in [4.69, 9.17) is 10.5 Å². The lowest BCUT2D eigenvalue weighted by atomic mass is 10.2. The maximum atomic E-state index is 14.2. The second-order valence-corrected chi connectivity index (χ2v) is 6.44. The van der Waals surface area contributed by atoms with E-state index in [-0.39, 0.29) is 19.8 Å². The standard InChI is InChI=1S/C12H16F2N2O3S/c1-8-7-19-5-4-16(8)20(17,18)11-3-2-10(13)9(6-15)12(11)14/h2-3,8H,4-7,15H2,1H3. The van der Waals surface area contributed by atoms with Crippen molar-refractivity contribution in [1.82, 2.24) is 4.31 Å². The van der Waals surface area contributed by atoms with Crippen LogP contribution in [0.3, 0.4) is 0 Å². The molecule has 0 radical (unpaired) electrons. The Bertz CT molecular complexity index is 607. The van der Waals surface area contributed by atoms with Gasteiger partial charge in [-0.1, -0.05) is 0 Å². The highest BCUT2D eigenvalue weighted by Crippen LogP contribution is 2.26. The molecule has 1 aromatic rings. The molecule has 0 amide bonds. The quantitative estimate of drug-likeness (QED) is 0.898. The molecule has 0 aromatic heterocycles. The Morgan fingerprint density at radius 1 is 1.45 bits per heavy atom. The van der Waals surface area contributed by atoms with Gasteiger partial charge in [-0.3, -0.25) is 0 Å². The second kappa shape index (κ2) is 5.72. The molecular formula is C12H16F2N2O3S. The molecular weight excluding hydrogens is 290 g/mol. The molecule has 1 unspecified atom stereocenters. The Labute approximate surface area is 116 Å². The van der Waals surface area contributed by atoms with Crippen LogP contribution in [0.5, 0.6) is 0 Å². The highest BCUT2D eigenvalue weighted by Gasteiger charge is 2.34. The first kappa shape index (κ1) is 15.3. The van der Waals surface area contributed by atoms with E-state index >= 15 is 0 Å². The van der Waals surface area contributed by atoms with E-state index in [2.05, 4.69) is 0 Å². The number of nitrogens with zero attached hydrogens (tertiary/aromatic N) is 1. The number of nitrogens with two attached hydrogens (primary N) is 1. The van der Waals surface area contributed by atoms with Gasteiger partial charge >= 0.3 is 0 Å². The first-order valence-corrected chi connectivity index (χ1v) is 7.60. The van der Waals surface area contributed by atoms with Gasteiger partial charge in [0.15, 0.2) is 5.82 Å². The number of ether oxygens (including phenoxy) is 1. The number of rotatable bonds is 3. The Morgan fingerprint density at radius 2 is 2.15 bits per heavy atom. The molecule has 1 atom stereocenters. The molecule has 20 heavy (non-hydrogen) atoms. The zero-order chi connectivity index (χ0) is 14.9. The molecule has 1 aromatic carbocycles. The van der Waals surface area contributed by atoms with Crippen LogP contribution in [0, 0.1) is 11.6 Å². The van der Waals surface area contributed by atoms with Crippen molar-refractivity contribution in [3.63, 3.8) is 0 Å². The molecule has 0 aliphatic carbocycles. The van der Waals surface area contributed by atoms with Crippen molar-refractivity contribution in [2.24, 2.45) is 5.73 Å². The summed E-state index contributed by atoms with van der Waals surface area (Å²) in [5.74, 6) is -1.97. The van der Waals surface area contributed by atoms with E-state index in [0.29, 0.717) is 0 Å². The summed E-state index contributed by atoms with van der Waals surface area (Å²) in [4.78, 5) is -0.548. The largest absolute Gasteiger partial charge is 0.378 e. The molecule has 0 bridgehead atoms. The van der Waals surface area contributed by atoms with Crippen LogP contribution in [-0.4, -0.2) is 38.5 Å². The topological polar surface area (TPSA) is 72.6 Å². The van der Waals surface area contributed by atoms with Crippen molar-refractivity contribution in [2.75, 3.05) is 19.8 Å². The maximum absolute atomic E-state index is 14.2. The molecule has 0 saturated carbocycles. The molecule has 112 valence electrons. The Balaban J connectivity index is 2.49. The van der Waals surface area contributed by atoms with E-state index in [1.54, 1.807) is 6.92 Å². The normalized spacial score (nSPS) is 21.1. The third kappa shape index (κ3) is 2.56. The lowest BCUT2D eigenvalue weighted by molar-refractivity contribution is 0.0392. The van der Waals surface area contributed by atoms with Gasteiger partial charge < -0.3 is 10.5 Å². The summed E-state index contributed by atoms with van der Waals surface area (Å²) in [5, 5.41) is 0. The zero-order valence-corrected chi connectivity index (χ0v) is 11.8. The molecule has 8 heteroatoms. The van der Waals surface area contributed by atoms with Crippen LogP contribution in [0.2, 0.25) is 0 Å². The summed E-state index contributed by atoms with van der Waals surface area (Å²) in [5.41, 5.74) is 4.84.